The Morgan fingerprint density at radius 1 is 0.927 bits per heavy atom. The van der Waals surface area contributed by atoms with Crippen LogP contribution in [0.25, 0.3) is 16.9 Å². The van der Waals surface area contributed by atoms with Crippen LogP contribution < -0.4 is 15.3 Å². The summed E-state index contributed by atoms with van der Waals surface area (Å²) < 4.78 is 5.02. The second-order valence-electron chi connectivity index (χ2n) is 9.98. The number of anilines is 1. The molecule has 0 N–H and O–H groups in total. The summed E-state index contributed by atoms with van der Waals surface area (Å²) in [6, 6.07) is 24.4. The van der Waals surface area contributed by atoms with E-state index in [9.17, 15) is 9.59 Å². The number of hydrogen-bond acceptors (Lipinski definition) is 5. The van der Waals surface area contributed by atoms with Gasteiger partial charge in [0.05, 0.1) is 22.8 Å². The van der Waals surface area contributed by atoms with Crippen LogP contribution in [0.5, 0.6) is 0 Å². The maximum atomic E-state index is 13.7. The molecule has 0 fully saturated rings. The molecule has 41 heavy (non-hydrogen) atoms. The van der Waals surface area contributed by atoms with Crippen LogP contribution in [0.1, 0.15) is 25.1 Å². The second-order valence-corrected chi connectivity index (χ2v) is 11.3. The molecule has 0 saturated heterocycles. The molecule has 0 bridgehead atoms. The number of amides is 1. The minimum Gasteiger partial charge on any atom is -0.304 e. The van der Waals surface area contributed by atoms with E-state index < -0.39 is 0 Å². The van der Waals surface area contributed by atoms with Gasteiger partial charge in [-0.3, -0.25) is 14.3 Å². The summed E-state index contributed by atoms with van der Waals surface area (Å²) in [5, 5.41) is 7.41. The van der Waals surface area contributed by atoms with Gasteiger partial charge in [-0.25, -0.2) is 14.4 Å². The quantitative estimate of drug-likeness (QED) is 0.258. The third-order valence-electron chi connectivity index (χ3n) is 7.09. The predicted octanol–water partition coefficient (Wildman–Crippen LogP) is 5.91. The number of carbonyl (C=O) groups excluding carboxylic acids is 1. The molecule has 1 aliphatic heterocycles. The van der Waals surface area contributed by atoms with Crippen LogP contribution in [0.15, 0.2) is 99.1 Å². The van der Waals surface area contributed by atoms with E-state index in [1.54, 1.807) is 25.0 Å². The van der Waals surface area contributed by atoms with Gasteiger partial charge in [0.1, 0.15) is 0 Å². The van der Waals surface area contributed by atoms with Crippen molar-refractivity contribution in [2.75, 3.05) is 4.90 Å². The number of halogens is 1. The molecule has 0 atom stereocenters. The summed E-state index contributed by atoms with van der Waals surface area (Å²) in [6.07, 6.45) is 0. The van der Waals surface area contributed by atoms with Gasteiger partial charge >= 0.3 is 0 Å². The lowest BCUT2D eigenvalue weighted by molar-refractivity contribution is -0.112. The van der Waals surface area contributed by atoms with Gasteiger partial charge in [0.15, 0.2) is 11.4 Å². The first-order valence-corrected chi connectivity index (χ1v) is 14.4. The minimum absolute atomic E-state index is 0.0520. The maximum absolute atomic E-state index is 13.7. The van der Waals surface area contributed by atoms with Crippen molar-refractivity contribution in [3.63, 3.8) is 0 Å². The lowest BCUT2D eigenvalue weighted by Crippen LogP contribution is -2.36. The third-order valence-corrected chi connectivity index (χ3v) is 8.14. The first-order valence-electron chi connectivity index (χ1n) is 13.1. The Kier molecular flexibility index (Phi) is 6.84. The number of rotatable bonds is 5. The topological polar surface area (TPSA) is 76.9 Å². The predicted molar refractivity (Wildman–Crippen MR) is 165 cm³/mol. The number of hydrogen-bond donors (Lipinski definition) is 0. The smallest absolute Gasteiger partial charge is 0.297 e. The molecule has 5 aromatic rings. The summed E-state index contributed by atoms with van der Waals surface area (Å²) in [4.78, 5) is 34.4. The number of para-hydroxylation sites is 2. The van der Waals surface area contributed by atoms with Crippen molar-refractivity contribution in [2.24, 2.45) is 17.1 Å². The summed E-state index contributed by atoms with van der Waals surface area (Å²) in [6.45, 7) is 5.81. The zero-order valence-electron chi connectivity index (χ0n) is 22.9. The van der Waals surface area contributed by atoms with Crippen LogP contribution in [0.3, 0.4) is 0 Å². The molecule has 1 amide bonds. The number of aromatic nitrogens is 3. The van der Waals surface area contributed by atoms with Crippen LogP contribution in [-0.2, 0) is 11.8 Å². The molecule has 1 aliphatic rings. The highest BCUT2D eigenvalue weighted by atomic mass is 35.5. The Hall–Kier alpha value is -4.47. The first kappa shape index (κ1) is 26.7. The van der Waals surface area contributed by atoms with Crippen molar-refractivity contribution < 1.29 is 4.79 Å². The number of fused-ring (bicyclic) bond motifs is 1. The summed E-state index contributed by atoms with van der Waals surface area (Å²) in [5.41, 5.74) is 4.87. The molecule has 206 valence electrons. The third kappa shape index (κ3) is 4.57. The van der Waals surface area contributed by atoms with Crippen molar-refractivity contribution in [3.05, 3.63) is 116 Å². The van der Waals surface area contributed by atoms with E-state index in [1.807, 2.05) is 106 Å². The highest BCUT2D eigenvalue weighted by Gasteiger charge is 2.35. The van der Waals surface area contributed by atoms with E-state index in [2.05, 4.69) is 0 Å². The second kappa shape index (κ2) is 10.5. The monoisotopic (exact) mass is 582 g/mol. The van der Waals surface area contributed by atoms with E-state index in [0.717, 1.165) is 22.5 Å². The Morgan fingerprint density at radius 3 is 2.39 bits per heavy atom. The van der Waals surface area contributed by atoms with E-state index in [4.69, 9.17) is 21.7 Å². The molecule has 3 heterocycles. The van der Waals surface area contributed by atoms with E-state index in [0.29, 0.717) is 32.6 Å². The van der Waals surface area contributed by atoms with Crippen molar-refractivity contribution in [1.82, 2.24) is 14.0 Å². The van der Waals surface area contributed by atoms with Gasteiger partial charge in [0, 0.05) is 34.6 Å². The van der Waals surface area contributed by atoms with Crippen LogP contribution in [0.2, 0.25) is 5.02 Å². The fraction of sp³-hybridized carbons (Fsp3) is 0.161. The highest BCUT2D eigenvalue weighted by molar-refractivity contribution is 7.07. The lowest BCUT2D eigenvalue weighted by Gasteiger charge is -2.20. The molecule has 0 unspecified atom stereocenters. The average molecular weight is 583 g/mol. The number of benzene rings is 3. The fourth-order valence-corrected chi connectivity index (χ4v) is 6.06. The Morgan fingerprint density at radius 2 is 1.66 bits per heavy atom. The normalized spacial score (nSPS) is 14.5. The van der Waals surface area contributed by atoms with Gasteiger partial charge in [-0.1, -0.05) is 60.1 Å². The average Bonchev–Trinajstić information content (AvgIpc) is 3.56. The maximum Gasteiger partial charge on any atom is 0.297 e. The number of thiazole rings is 1. The summed E-state index contributed by atoms with van der Waals surface area (Å²) in [7, 11) is 1.83. The SMILES string of the molecule is Cc1c(N=c2scc(-c3cccc(Cl)c3)n2N=C2C(=O)N(C(C)C)c3ccccc32)c(=O)n(-c2ccccc2)n1C. The first-order chi connectivity index (χ1) is 19.8. The molecular formula is C31H27ClN6O2S. The van der Waals surface area contributed by atoms with Crippen LogP contribution in [-0.4, -0.2) is 31.7 Å². The highest BCUT2D eigenvalue weighted by Crippen LogP contribution is 2.32. The molecule has 6 rings (SSSR count). The van der Waals surface area contributed by atoms with Gasteiger partial charge in [0.25, 0.3) is 11.5 Å². The zero-order valence-corrected chi connectivity index (χ0v) is 24.5. The standard InChI is InChI=1S/C31H27ClN6O2S/c1-19(2)36-25-16-9-8-15-24(25)28(29(36)39)34-37-26(21-11-10-12-22(32)17-21)18-41-31(37)33-27-20(3)35(4)38(30(27)40)23-13-6-5-7-14-23/h5-19H,1-4H3. The van der Waals surface area contributed by atoms with Gasteiger partial charge < -0.3 is 4.90 Å². The molecule has 3 aromatic carbocycles. The van der Waals surface area contributed by atoms with Gasteiger partial charge in [-0.15, -0.1) is 11.3 Å². The van der Waals surface area contributed by atoms with Crippen LogP contribution >= 0.6 is 22.9 Å². The molecule has 0 radical (unpaired) electrons. The van der Waals surface area contributed by atoms with E-state index >= 15 is 0 Å². The van der Waals surface area contributed by atoms with Gasteiger partial charge in [-0.05, 0) is 51.1 Å². The molecule has 0 spiro atoms. The Labute approximate surface area is 245 Å². The molecule has 2 aromatic heterocycles. The van der Waals surface area contributed by atoms with E-state index in [1.165, 1.54) is 11.3 Å². The zero-order chi connectivity index (χ0) is 28.8. The molecular weight excluding hydrogens is 556 g/mol. The van der Waals surface area contributed by atoms with Crippen LogP contribution in [0, 0.1) is 6.92 Å². The van der Waals surface area contributed by atoms with E-state index in [-0.39, 0.29) is 17.5 Å². The van der Waals surface area contributed by atoms with Crippen LogP contribution in [0.4, 0.5) is 11.4 Å². The summed E-state index contributed by atoms with van der Waals surface area (Å²) >= 11 is 7.68. The largest absolute Gasteiger partial charge is 0.304 e. The van der Waals surface area contributed by atoms with Gasteiger partial charge in [0.2, 0.25) is 4.80 Å². The van der Waals surface area contributed by atoms with Crippen molar-refractivity contribution >= 4 is 45.9 Å². The minimum atomic E-state index is -0.249. The Bertz CT molecular complexity index is 1960. The fourth-order valence-electron chi connectivity index (χ4n) is 5.03. The Balaban J connectivity index is 1.61. The van der Waals surface area contributed by atoms with Crippen molar-refractivity contribution in [1.29, 1.82) is 0 Å². The number of nitrogens with zero attached hydrogens (tertiary/aromatic N) is 6. The lowest BCUT2D eigenvalue weighted by atomic mass is 10.1. The van der Waals surface area contributed by atoms with Crippen molar-refractivity contribution in [3.8, 4) is 16.9 Å². The number of carbonyl (C=O) groups is 1. The molecule has 8 nitrogen and oxygen atoms in total. The van der Waals surface area contributed by atoms with Gasteiger partial charge in [-0.2, -0.15) is 5.10 Å². The molecule has 0 aliphatic carbocycles. The molecule has 0 saturated carbocycles. The molecule has 10 heteroatoms. The van der Waals surface area contributed by atoms with Crippen molar-refractivity contribution in [2.45, 2.75) is 26.8 Å². The summed E-state index contributed by atoms with van der Waals surface area (Å²) in [5.74, 6) is -0.190.